The van der Waals surface area contributed by atoms with Crippen LogP contribution in [-0.4, -0.2) is 14.2 Å². The molecule has 0 aliphatic rings. The normalized spacial score (nSPS) is 12.2. The molecular weight excluding hydrogens is 268 g/mol. The molecule has 1 heterocycles. The molecule has 0 bridgehead atoms. The molecule has 1 aromatic heterocycles. The van der Waals surface area contributed by atoms with E-state index >= 15 is 0 Å². The van der Waals surface area contributed by atoms with Crippen LogP contribution in [0.2, 0.25) is 0 Å². The second kappa shape index (κ2) is 5.63. The van der Waals surface area contributed by atoms with E-state index in [4.69, 9.17) is 21.1 Å². The van der Waals surface area contributed by atoms with Crippen molar-refractivity contribution in [2.75, 3.05) is 14.2 Å². The van der Waals surface area contributed by atoms with Crippen LogP contribution in [0.15, 0.2) is 29.6 Å². The van der Waals surface area contributed by atoms with Crippen LogP contribution in [0.25, 0.3) is 0 Å². The first kappa shape index (κ1) is 13.2. The molecule has 2 aromatic rings. The Morgan fingerprint density at radius 1 is 1.17 bits per heavy atom. The number of hydrogen-bond donors (Lipinski definition) is 0. The zero-order valence-corrected chi connectivity index (χ0v) is 12.1. The Morgan fingerprint density at radius 2 is 1.94 bits per heavy atom. The van der Waals surface area contributed by atoms with Crippen molar-refractivity contribution < 1.29 is 9.47 Å². The fourth-order valence-corrected chi connectivity index (χ4v) is 3.01. The second-order valence-electron chi connectivity index (χ2n) is 4.00. The highest BCUT2D eigenvalue weighted by atomic mass is 35.5. The van der Waals surface area contributed by atoms with Gasteiger partial charge in [-0.1, -0.05) is 17.7 Å². The number of methoxy groups -OCH3 is 2. The average Bonchev–Trinajstić information content (AvgIpc) is 2.86. The summed E-state index contributed by atoms with van der Waals surface area (Å²) in [5.41, 5.74) is 2.16. The van der Waals surface area contributed by atoms with Gasteiger partial charge in [0.05, 0.1) is 19.6 Å². The Kier molecular flexibility index (Phi) is 4.15. The fourth-order valence-electron chi connectivity index (χ4n) is 1.78. The van der Waals surface area contributed by atoms with E-state index in [-0.39, 0.29) is 5.38 Å². The molecule has 18 heavy (non-hydrogen) atoms. The van der Waals surface area contributed by atoms with E-state index in [1.165, 1.54) is 5.56 Å². The maximum absolute atomic E-state index is 6.53. The Hall–Kier alpha value is -1.19. The molecule has 0 spiro atoms. The van der Waals surface area contributed by atoms with Gasteiger partial charge in [-0.2, -0.15) is 0 Å². The summed E-state index contributed by atoms with van der Waals surface area (Å²) in [5.74, 6) is 1.65. The second-order valence-corrected chi connectivity index (χ2v) is 5.38. The molecule has 0 amide bonds. The minimum atomic E-state index is -0.214. The van der Waals surface area contributed by atoms with E-state index in [1.807, 2.05) is 30.5 Å². The molecular formula is C14H15ClO2S. The molecule has 1 atom stereocenters. The van der Waals surface area contributed by atoms with Crippen molar-refractivity contribution in [1.82, 2.24) is 0 Å². The summed E-state index contributed by atoms with van der Waals surface area (Å²) in [7, 11) is 3.31. The predicted octanol–water partition coefficient (Wildman–Crippen LogP) is 4.40. The molecule has 2 nitrogen and oxygen atoms in total. The predicted molar refractivity (Wildman–Crippen MR) is 76.3 cm³/mol. The van der Waals surface area contributed by atoms with Crippen LogP contribution >= 0.6 is 22.9 Å². The highest BCUT2D eigenvalue weighted by Crippen LogP contribution is 2.39. The van der Waals surface area contributed by atoms with Gasteiger partial charge >= 0.3 is 0 Å². The highest BCUT2D eigenvalue weighted by molar-refractivity contribution is 7.10. The van der Waals surface area contributed by atoms with E-state index in [2.05, 4.69) is 6.07 Å². The lowest BCUT2D eigenvalue weighted by atomic mass is 10.1. The summed E-state index contributed by atoms with van der Waals surface area (Å²) >= 11 is 8.12. The first-order chi connectivity index (χ1) is 8.65. The highest BCUT2D eigenvalue weighted by Gasteiger charge is 2.18. The Morgan fingerprint density at radius 3 is 2.56 bits per heavy atom. The van der Waals surface area contributed by atoms with Crippen LogP contribution in [0.3, 0.4) is 0 Å². The fraction of sp³-hybridized carbons (Fsp3) is 0.286. The van der Waals surface area contributed by atoms with Gasteiger partial charge < -0.3 is 9.47 Å². The number of alkyl halides is 1. The standard InChI is InChI=1S/C14H15ClO2S/c1-9-4-5-12(17-3)11(6-9)14(15)13-7-10(16-2)8-18-13/h4-8,14H,1-3H3. The zero-order chi connectivity index (χ0) is 13.1. The maximum Gasteiger partial charge on any atom is 0.129 e. The molecule has 0 saturated heterocycles. The summed E-state index contributed by atoms with van der Waals surface area (Å²) in [6, 6.07) is 7.98. The number of aryl methyl sites for hydroxylation is 1. The first-order valence-corrected chi connectivity index (χ1v) is 6.88. The monoisotopic (exact) mass is 282 g/mol. The van der Waals surface area contributed by atoms with Crippen molar-refractivity contribution >= 4 is 22.9 Å². The van der Waals surface area contributed by atoms with Crippen molar-refractivity contribution in [2.45, 2.75) is 12.3 Å². The molecule has 2 rings (SSSR count). The molecule has 96 valence electrons. The van der Waals surface area contributed by atoms with E-state index in [1.54, 1.807) is 25.6 Å². The number of thiophene rings is 1. The van der Waals surface area contributed by atoms with Gasteiger partial charge in [-0.25, -0.2) is 0 Å². The van der Waals surface area contributed by atoms with E-state index in [9.17, 15) is 0 Å². The third-order valence-electron chi connectivity index (χ3n) is 2.74. The van der Waals surface area contributed by atoms with Gasteiger partial charge in [0.2, 0.25) is 0 Å². The molecule has 0 aliphatic heterocycles. The zero-order valence-electron chi connectivity index (χ0n) is 10.6. The number of rotatable bonds is 4. The van der Waals surface area contributed by atoms with Crippen molar-refractivity contribution in [1.29, 1.82) is 0 Å². The molecule has 1 unspecified atom stereocenters. The third kappa shape index (κ3) is 2.62. The largest absolute Gasteiger partial charge is 0.496 e. The Bertz CT molecular complexity index is 536. The first-order valence-electron chi connectivity index (χ1n) is 5.56. The molecule has 4 heteroatoms. The lowest BCUT2D eigenvalue weighted by molar-refractivity contribution is 0.410. The number of hydrogen-bond acceptors (Lipinski definition) is 3. The van der Waals surface area contributed by atoms with Crippen molar-refractivity contribution in [3.8, 4) is 11.5 Å². The van der Waals surface area contributed by atoms with Crippen molar-refractivity contribution in [3.05, 3.63) is 45.6 Å². The number of halogens is 1. The summed E-state index contributed by atoms with van der Waals surface area (Å²) in [6.07, 6.45) is 0. The Balaban J connectivity index is 2.38. The van der Waals surface area contributed by atoms with E-state index < -0.39 is 0 Å². The summed E-state index contributed by atoms with van der Waals surface area (Å²) < 4.78 is 10.5. The summed E-state index contributed by atoms with van der Waals surface area (Å²) in [6.45, 7) is 2.04. The molecule has 0 N–H and O–H groups in total. The van der Waals surface area contributed by atoms with Crippen LogP contribution in [0, 0.1) is 6.92 Å². The minimum absolute atomic E-state index is 0.214. The molecule has 0 radical (unpaired) electrons. The van der Waals surface area contributed by atoms with E-state index in [0.29, 0.717) is 0 Å². The lowest BCUT2D eigenvalue weighted by Gasteiger charge is -2.13. The SMILES string of the molecule is COc1csc(C(Cl)c2cc(C)ccc2OC)c1. The maximum atomic E-state index is 6.53. The summed E-state index contributed by atoms with van der Waals surface area (Å²) in [4.78, 5) is 1.05. The number of ether oxygens (including phenoxy) is 2. The minimum Gasteiger partial charge on any atom is -0.496 e. The van der Waals surface area contributed by atoms with Gasteiger partial charge in [0, 0.05) is 15.8 Å². The van der Waals surface area contributed by atoms with Crippen LogP contribution in [-0.2, 0) is 0 Å². The van der Waals surface area contributed by atoms with Crippen LogP contribution < -0.4 is 9.47 Å². The lowest BCUT2D eigenvalue weighted by Crippen LogP contribution is -1.96. The molecule has 0 saturated carbocycles. The van der Waals surface area contributed by atoms with Gasteiger partial charge in [0.1, 0.15) is 11.5 Å². The molecule has 1 aromatic carbocycles. The van der Waals surface area contributed by atoms with Gasteiger partial charge in [0.25, 0.3) is 0 Å². The average molecular weight is 283 g/mol. The quantitative estimate of drug-likeness (QED) is 0.774. The Labute approximate surface area is 116 Å². The van der Waals surface area contributed by atoms with Crippen molar-refractivity contribution in [2.24, 2.45) is 0 Å². The van der Waals surface area contributed by atoms with Crippen molar-refractivity contribution in [3.63, 3.8) is 0 Å². The van der Waals surface area contributed by atoms with Crippen LogP contribution in [0.4, 0.5) is 0 Å². The molecule has 0 fully saturated rings. The van der Waals surface area contributed by atoms with Gasteiger partial charge in [-0.05, 0) is 19.1 Å². The summed E-state index contributed by atoms with van der Waals surface area (Å²) in [5, 5.41) is 1.74. The van der Waals surface area contributed by atoms with Gasteiger partial charge in [-0.3, -0.25) is 0 Å². The van der Waals surface area contributed by atoms with Crippen LogP contribution in [0.1, 0.15) is 21.4 Å². The van der Waals surface area contributed by atoms with Gasteiger partial charge in [0.15, 0.2) is 0 Å². The number of benzene rings is 1. The smallest absolute Gasteiger partial charge is 0.129 e. The third-order valence-corrected chi connectivity index (χ3v) is 4.31. The van der Waals surface area contributed by atoms with E-state index in [0.717, 1.165) is 21.9 Å². The topological polar surface area (TPSA) is 18.5 Å². The van der Waals surface area contributed by atoms with Crippen LogP contribution in [0.5, 0.6) is 11.5 Å². The van der Waals surface area contributed by atoms with Gasteiger partial charge in [-0.15, -0.1) is 22.9 Å². The molecule has 0 aliphatic carbocycles.